The molecule has 4 rings (SSSR count). The van der Waals surface area contributed by atoms with Crippen LogP contribution in [0.2, 0.25) is 0 Å². The van der Waals surface area contributed by atoms with Crippen LogP contribution in [0.3, 0.4) is 0 Å². The monoisotopic (exact) mass is 509 g/mol. The molecule has 1 N–H and O–H groups in total. The number of carbonyl (C=O) groups is 1. The standard InChI is InChI=1S/C27H31N3O5S/c1-21(2)30(23-6-4-3-5-7-23)24-10-8-22(9-11-24)28-27(31)20-35-25-12-14-26(15-13-25)36(32,33)29-16-18-34-19-17-29/h3-15,21H,16-20H2,1-2H3,(H,28,31). The summed E-state index contributed by atoms with van der Waals surface area (Å²) >= 11 is 0. The van der Waals surface area contributed by atoms with E-state index in [9.17, 15) is 13.2 Å². The van der Waals surface area contributed by atoms with Gasteiger partial charge < -0.3 is 19.7 Å². The summed E-state index contributed by atoms with van der Waals surface area (Å²) in [5, 5.41) is 2.83. The lowest BCUT2D eigenvalue weighted by Gasteiger charge is -2.29. The van der Waals surface area contributed by atoms with E-state index < -0.39 is 10.0 Å². The summed E-state index contributed by atoms with van der Waals surface area (Å²) in [5.74, 6) is 0.105. The number of hydrogen-bond donors (Lipinski definition) is 1. The van der Waals surface area contributed by atoms with Gasteiger partial charge in [0, 0.05) is 36.2 Å². The molecule has 1 amide bonds. The van der Waals surface area contributed by atoms with Crippen LogP contribution in [0.25, 0.3) is 0 Å². The van der Waals surface area contributed by atoms with Gasteiger partial charge in [-0.05, 0) is 74.5 Å². The van der Waals surface area contributed by atoms with E-state index in [0.29, 0.717) is 37.7 Å². The predicted octanol–water partition coefficient (Wildman–Crippen LogP) is 4.27. The molecule has 36 heavy (non-hydrogen) atoms. The lowest BCUT2D eigenvalue weighted by molar-refractivity contribution is -0.118. The van der Waals surface area contributed by atoms with Crippen LogP contribution in [0.5, 0.6) is 5.75 Å². The Labute approximate surface area is 212 Å². The molecule has 1 heterocycles. The van der Waals surface area contributed by atoms with Gasteiger partial charge in [-0.15, -0.1) is 0 Å². The number of amides is 1. The summed E-state index contributed by atoms with van der Waals surface area (Å²) in [6.45, 7) is 5.52. The number of hydrogen-bond acceptors (Lipinski definition) is 6. The maximum atomic E-state index is 12.7. The SMILES string of the molecule is CC(C)N(c1ccccc1)c1ccc(NC(=O)COc2ccc(S(=O)(=O)N3CCOCC3)cc2)cc1. The number of para-hydroxylation sites is 1. The Balaban J connectivity index is 1.32. The van der Waals surface area contributed by atoms with E-state index in [4.69, 9.17) is 9.47 Å². The van der Waals surface area contributed by atoms with Gasteiger partial charge in [0.05, 0.1) is 18.1 Å². The van der Waals surface area contributed by atoms with Crippen molar-refractivity contribution in [3.8, 4) is 5.75 Å². The average Bonchev–Trinajstić information content (AvgIpc) is 2.90. The van der Waals surface area contributed by atoms with Crippen molar-refractivity contribution in [3.05, 3.63) is 78.9 Å². The van der Waals surface area contributed by atoms with Gasteiger partial charge >= 0.3 is 0 Å². The minimum Gasteiger partial charge on any atom is -0.484 e. The van der Waals surface area contributed by atoms with Gasteiger partial charge in [0.2, 0.25) is 10.0 Å². The number of nitrogens with one attached hydrogen (secondary N) is 1. The highest BCUT2D eigenvalue weighted by atomic mass is 32.2. The Kier molecular flexibility index (Phi) is 8.25. The molecular weight excluding hydrogens is 478 g/mol. The van der Waals surface area contributed by atoms with Gasteiger partial charge in [0.25, 0.3) is 5.91 Å². The maximum absolute atomic E-state index is 12.7. The molecule has 9 heteroatoms. The van der Waals surface area contributed by atoms with Crippen molar-refractivity contribution in [2.45, 2.75) is 24.8 Å². The molecule has 3 aromatic rings. The van der Waals surface area contributed by atoms with E-state index in [1.807, 2.05) is 42.5 Å². The zero-order valence-corrected chi connectivity index (χ0v) is 21.3. The van der Waals surface area contributed by atoms with Crippen LogP contribution in [0.15, 0.2) is 83.8 Å². The van der Waals surface area contributed by atoms with Crippen molar-refractivity contribution in [1.82, 2.24) is 4.31 Å². The lowest BCUT2D eigenvalue weighted by Crippen LogP contribution is -2.40. The van der Waals surface area contributed by atoms with Crippen molar-refractivity contribution in [2.75, 3.05) is 43.1 Å². The second-order valence-corrected chi connectivity index (χ2v) is 10.6. The maximum Gasteiger partial charge on any atom is 0.262 e. The van der Waals surface area contributed by atoms with Crippen LogP contribution in [0.4, 0.5) is 17.1 Å². The van der Waals surface area contributed by atoms with Crippen LogP contribution in [-0.4, -0.2) is 57.6 Å². The quantitative estimate of drug-likeness (QED) is 0.464. The third kappa shape index (κ3) is 6.23. The van der Waals surface area contributed by atoms with Crippen LogP contribution >= 0.6 is 0 Å². The Morgan fingerprint density at radius 3 is 2.17 bits per heavy atom. The summed E-state index contributed by atoms with van der Waals surface area (Å²) < 4.78 is 37.6. The molecule has 3 aromatic carbocycles. The van der Waals surface area contributed by atoms with E-state index in [1.54, 1.807) is 12.1 Å². The van der Waals surface area contributed by atoms with Crippen LogP contribution in [0.1, 0.15) is 13.8 Å². The molecule has 0 aromatic heterocycles. The molecule has 0 spiro atoms. The van der Waals surface area contributed by atoms with E-state index in [2.05, 4.69) is 36.2 Å². The Bertz CT molecular complexity index is 1240. The molecule has 1 saturated heterocycles. The Morgan fingerprint density at radius 1 is 0.944 bits per heavy atom. The number of nitrogens with zero attached hydrogens (tertiary/aromatic N) is 2. The third-order valence-corrected chi connectivity index (χ3v) is 7.69. The van der Waals surface area contributed by atoms with Crippen LogP contribution in [-0.2, 0) is 19.6 Å². The molecule has 1 aliphatic rings. The number of ether oxygens (including phenoxy) is 2. The first kappa shape index (κ1) is 25.7. The molecule has 0 bridgehead atoms. The topological polar surface area (TPSA) is 88.2 Å². The summed E-state index contributed by atoms with van der Waals surface area (Å²) in [5.41, 5.74) is 2.79. The Morgan fingerprint density at radius 2 is 1.56 bits per heavy atom. The lowest BCUT2D eigenvalue weighted by atomic mass is 10.2. The minimum absolute atomic E-state index is 0.187. The summed E-state index contributed by atoms with van der Waals surface area (Å²) in [6.07, 6.45) is 0. The molecule has 1 aliphatic heterocycles. The first-order valence-corrected chi connectivity index (χ1v) is 13.3. The van der Waals surface area contributed by atoms with Gasteiger partial charge in [-0.25, -0.2) is 8.42 Å². The fourth-order valence-electron chi connectivity index (χ4n) is 4.03. The third-order valence-electron chi connectivity index (χ3n) is 5.78. The highest BCUT2D eigenvalue weighted by Gasteiger charge is 2.26. The number of morpholine rings is 1. The van der Waals surface area contributed by atoms with Crippen molar-refractivity contribution in [3.63, 3.8) is 0 Å². The first-order valence-electron chi connectivity index (χ1n) is 11.9. The van der Waals surface area contributed by atoms with Gasteiger partial charge in [-0.3, -0.25) is 4.79 Å². The predicted molar refractivity (Wildman–Crippen MR) is 140 cm³/mol. The number of anilines is 3. The molecule has 190 valence electrons. The zero-order valence-electron chi connectivity index (χ0n) is 20.5. The zero-order chi connectivity index (χ0) is 25.5. The number of benzene rings is 3. The number of sulfonamides is 1. The molecule has 0 atom stereocenters. The molecular formula is C27H31N3O5S. The van der Waals surface area contributed by atoms with Gasteiger partial charge in [-0.1, -0.05) is 18.2 Å². The normalized spacial score (nSPS) is 14.4. The number of carbonyl (C=O) groups excluding carboxylic acids is 1. The van der Waals surface area contributed by atoms with E-state index in [-0.39, 0.29) is 23.5 Å². The van der Waals surface area contributed by atoms with Gasteiger partial charge in [0.1, 0.15) is 5.75 Å². The molecule has 8 nitrogen and oxygen atoms in total. The highest BCUT2D eigenvalue weighted by Crippen LogP contribution is 2.28. The van der Waals surface area contributed by atoms with E-state index >= 15 is 0 Å². The van der Waals surface area contributed by atoms with Gasteiger partial charge in [0.15, 0.2) is 6.61 Å². The largest absolute Gasteiger partial charge is 0.484 e. The summed E-state index contributed by atoms with van der Waals surface area (Å²) in [4.78, 5) is 14.8. The Hall–Kier alpha value is -3.40. The van der Waals surface area contributed by atoms with E-state index in [0.717, 1.165) is 11.4 Å². The van der Waals surface area contributed by atoms with Crippen LogP contribution < -0.4 is 15.0 Å². The fraction of sp³-hybridized carbons (Fsp3) is 0.296. The molecule has 0 unspecified atom stereocenters. The molecule has 0 aliphatic carbocycles. The van der Waals surface area contributed by atoms with Crippen molar-refractivity contribution in [1.29, 1.82) is 0 Å². The van der Waals surface area contributed by atoms with Crippen molar-refractivity contribution < 1.29 is 22.7 Å². The van der Waals surface area contributed by atoms with Gasteiger partial charge in [-0.2, -0.15) is 4.31 Å². The first-order chi connectivity index (χ1) is 17.3. The second kappa shape index (κ2) is 11.6. The smallest absolute Gasteiger partial charge is 0.262 e. The van der Waals surface area contributed by atoms with Crippen molar-refractivity contribution >= 4 is 33.0 Å². The van der Waals surface area contributed by atoms with Crippen LogP contribution in [0, 0.1) is 0 Å². The molecule has 1 fully saturated rings. The summed E-state index contributed by atoms with van der Waals surface area (Å²) in [7, 11) is -3.57. The average molecular weight is 510 g/mol. The second-order valence-electron chi connectivity index (χ2n) is 8.67. The molecule has 0 radical (unpaired) electrons. The molecule has 0 saturated carbocycles. The van der Waals surface area contributed by atoms with Crippen molar-refractivity contribution in [2.24, 2.45) is 0 Å². The highest BCUT2D eigenvalue weighted by molar-refractivity contribution is 7.89. The fourth-order valence-corrected chi connectivity index (χ4v) is 5.44. The summed E-state index contributed by atoms with van der Waals surface area (Å²) in [6, 6.07) is 24.1. The number of rotatable bonds is 9. The van der Waals surface area contributed by atoms with E-state index in [1.165, 1.54) is 16.4 Å². The minimum atomic E-state index is -3.57.